The van der Waals surface area contributed by atoms with Crippen molar-refractivity contribution in [3.05, 3.63) is 28.8 Å². The molecule has 0 saturated carbocycles. The summed E-state index contributed by atoms with van der Waals surface area (Å²) in [4.78, 5) is 24.1. The van der Waals surface area contributed by atoms with Crippen LogP contribution in [0.1, 0.15) is 10.4 Å². The molecule has 1 aliphatic heterocycles. The maximum absolute atomic E-state index is 11.5. The van der Waals surface area contributed by atoms with Crippen LogP contribution in [0.4, 0.5) is 5.69 Å². The highest BCUT2D eigenvalue weighted by Gasteiger charge is 2.35. The van der Waals surface area contributed by atoms with Crippen LogP contribution in [-0.2, 0) is 4.79 Å². The van der Waals surface area contributed by atoms with E-state index in [9.17, 15) is 9.59 Å². The molecule has 74 valence electrons. The maximum atomic E-state index is 11.5. The van der Waals surface area contributed by atoms with Crippen LogP contribution in [-0.4, -0.2) is 18.2 Å². The molecule has 1 aromatic carbocycles. The zero-order valence-corrected chi connectivity index (χ0v) is 8.28. The number of amides is 1. The lowest BCUT2D eigenvalue weighted by Crippen LogP contribution is -2.29. The molecule has 5 heteroatoms. The summed E-state index contributed by atoms with van der Waals surface area (Å²) < 4.78 is 0. The monoisotopic (exact) mass is 220 g/mol. The third kappa shape index (κ3) is 1.37. The lowest BCUT2D eigenvalue weighted by molar-refractivity contribution is -0.114. The largest absolute Gasteiger partial charge is 0.300 e. The van der Waals surface area contributed by atoms with Crippen LogP contribution in [0.3, 0.4) is 0 Å². The molecule has 4 nitrogen and oxygen atoms in total. The van der Waals surface area contributed by atoms with E-state index in [-0.39, 0.29) is 12.1 Å². The number of anilines is 1. The molecule has 0 saturated heterocycles. The van der Waals surface area contributed by atoms with E-state index in [1.807, 2.05) is 6.07 Å². The minimum Gasteiger partial charge on any atom is -0.291 e. The quantitative estimate of drug-likeness (QED) is 0.531. The van der Waals surface area contributed by atoms with Gasteiger partial charge in [-0.2, -0.15) is 5.26 Å². The predicted octanol–water partition coefficient (Wildman–Crippen LogP) is 1.39. The van der Waals surface area contributed by atoms with Crippen LogP contribution in [0.25, 0.3) is 0 Å². The molecule has 0 atom stereocenters. The number of Topliss-reactive ketones (excluding diaryl/α,β-unsaturated/α-hetero) is 1. The molecule has 1 aliphatic rings. The van der Waals surface area contributed by atoms with Gasteiger partial charge in [-0.05, 0) is 18.2 Å². The number of ketones is 1. The van der Waals surface area contributed by atoms with Crippen molar-refractivity contribution in [3.8, 4) is 6.07 Å². The van der Waals surface area contributed by atoms with E-state index in [0.29, 0.717) is 10.7 Å². The third-order valence-electron chi connectivity index (χ3n) is 2.16. The van der Waals surface area contributed by atoms with E-state index in [2.05, 4.69) is 0 Å². The van der Waals surface area contributed by atoms with Gasteiger partial charge < -0.3 is 0 Å². The number of fused-ring (bicyclic) bond motifs is 1. The van der Waals surface area contributed by atoms with E-state index < -0.39 is 11.7 Å². The van der Waals surface area contributed by atoms with Gasteiger partial charge in [0.15, 0.2) is 0 Å². The van der Waals surface area contributed by atoms with Crippen molar-refractivity contribution in [1.29, 1.82) is 5.26 Å². The zero-order chi connectivity index (χ0) is 11.0. The van der Waals surface area contributed by atoms with E-state index in [1.54, 1.807) is 12.1 Å². The van der Waals surface area contributed by atoms with E-state index in [0.717, 1.165) is 4.90 Å². The smallest absolute Gasteiger partial charge is 0.291 e. The van der Waals surface area contributed by atoms with Crippen LogP contribution in [0.5, 0.6) is 0 Å². The highest BCUT2D eigenvalue weighted by atomic mass is 35.5. The number of hydrogen-bond donors (Lipinski definition) is 0. The van der Waals surface area contributed by atoms with Crippen LogP contribution in [0.15, 0.2) is 18.2 Å². The molecule has 0 aliphatic carbocycles. The lowest BCUT2D eigenvalue weighted by Gasteiger charge is -2.10. The molecule has 15 heavy (non-hydrogen) atoms. The molecule has 0 unspecified atom stereocenters. The summed E-state index contributed by atoms with van der Waals surface area (Å²) in [6.45, 7) is -0.126. The summed E-state index contributed by atoms with van der Waals surface area (Å²) >= 11 is 5.71. The Morgan fingerprint density at radius 1 is 1.40 bits per heavy atom. The number of halogens is 1. The van der Waals surface area contributed by atoms with E-state index in [4.69, 9.17) is 16.9 Å². The van der Waals surface area contributed by atoms with Gasteiger partial charge >= 0.3 is 0 Å². The van der Waals surface area contributed by atoms with Gasteiger partial charge in [0.1, 0.15) is 6.54 Å². The minimum atomic E-state index is -0.672. The highest BCUT2D eigenvalue weighted by molar-refractivity contribution is 6.52. The molecule has 1 heterocycles. The average Bonchev–Trinajstić information content (AvgIpc) is 2.44. The number of nitrogens with zero attached hydrogens (tertiary/aromatic N) is 2. The van der Waals surface area contributed by atoms with Gasteiger partial charge in [0.2, 0.25) is 0 Å². The van der Waals surface area contributed by atoms with E-state index >= 15 is 0 Å². The molecule has 0 N–H and O–H groups in total. The summed E-state index contributed by atoms with van der Waals surface area (Å²) in [5.74, 6) is -1.28. The van der Waals surface area contributed by atoms with Crippen molar-refractivity contribution in [2.24, 2.45) is 0 Å². The summed E-state index contributed by atoms with van der Waals surface area (Å²) in [6.07, 6.45) is 0. The van der Waals surface area contributed by atoms with Crippen molar-refractivity contribution in [3.63, 3.8) is 0 Å². The zero-order valence-electron chi connectivity index (χ0n) is 7.53. The Kier molecular flexibility index (Phi) is 2.18. The maximum Gasteiger partial charge on any atom is 0.300 e. The van der Waals surface area contributed by atoms with Crippen molar-refractivity contribution in [1.82, 2.24) is 0 Å². The first kappa shape index (κ1) is 9.69. The first-order chi connectivity index (χ1) is 7.15. The molecule has 1 aromatic rings. The Hall–Kier alpha value is -1.86. The fourth-order valence-corrected chi connectivity index (χ4v) is 1.67. The van der Waals surface area contributed by atoms with Crippen molar-refractivity contribution >= 4 is 29.0 Å². The Morgan fingerprint density at radius 3 is 2.80 bits per heavy atom. The Balaban J connectivity index is 2.56. The second kappa shape index (κ2) is 3.37. The molecular formula is C10H5ClN2O2. The second-order valence-corrected chi connectivity index (χ2v) is 3.48. The molecule has 0 bridgehead atoms. The fraction of sp³-hybridized carbons (Fsp3) is 0.100. The van der Waals surface area contributed by atoms with Crippen LogP contribution < -0.4 is 4.90 Å². The SMILES string of the molecule is N#CCN1C(=O)C(=O)c2cc(Cl)ccc21. The lowest BCUT2D eigenvalue weighted by atomic mass is 10.1. The summed E-state index contributed by atoms with van der Waals surface area (Å²) in [6, 6.07) is 6.42. The Morgan fingerprint density at radius 2 is 2.13 bits per heavy atom. The summed E-state index contributed by atoms with van der Waals surface area (Å²) in [5, 5.41) is 8.93. The second-order valence-electron chi connectivity index (χ2n) is 3.04. The summed E-state index contributed by atoms with van der Waals surface area (Å²) in [5.41, 5.74) is 0.721. The molecule has 1 amide bonds. The Labute approximate surface area is 90.7 Å². The first-order valence-corrected chi connectivity index (χ1v) is 4.55. The topological polar surface area (TPSA) is 61.2 Å². The van der Waals surface area contributed by atoms with Crippen LogP contribution >= 0.6 is 11.6 Å². The molecule has 0 aromatic heterocycles. The average molecular weight is 221 g/mol. The van der Waals surface area contributed by atoms with Gasteiger partial charge in [0, 0.05) is 5.02 Å². The van der Waals surface area contributed by atoms with Gasteiger partial charge in [-0.3, -0.25) is 14.5 Å². The molecule has 0 fully saturated rings. The molecule has 0 spiro atoms. The van der Waals surface area contributed by atoms with Gasteiger partial charge in [-0.1, -0.05) is 11.6 Å². The number of nitriles is 1. The van der Waals surface area contributed by atoms with Gasteiger partial charge in [0.05, 0.1) is 17.3 Å². The fourth-order valence-electron chi connectivity index (χ4n) is 1.50. The number of rotatable bonds is 1. The number of carbonyl (C=O) groups excluding carboxylic acids is 2. The summed E-state index contributed by atoms with van der Waals surface area (Å²) in [7, 11) is 0. The standard InChI is InChI=1S/C10H5ClN2O2/c11-6-1-2-8-7(5-6)9(14)10(15)13(8)4-3-12/h1-2,5H,4H2. The normalized spacial score (nSPS) is 14.0. The minimum absolute atomic E-state index is 0.126. The first-order valence-electron chi connectivity index (χ1n) is 4.18. The number of carbonyl (C=O) groups is 2. The highest BCUT2D eigenvalue weighted by Crippen LogP contribution is 2.30. The van der Waals surface area contributed by atoms with Gasteiger partial charge in [-0.25, -0.2) is 0 Å². The molecular weight excluding hydrogens is 216 g/mol. The van der Waals surface area contributed by atoms with E-state index in [1.165, 1.54) is 6.07 Å². The van der Waals surface area contributed by atoms with Crippen molar-refractivity contribution in [2.75, 3.05) is 11.4 Å². The molecule has 2 rings (SSSR count). The number of benzene rings is 1. The van der Waals surface area contributed by atoms with Gasteiger partial charge in [-0.15, -0.1) is 0 Å². The van der Waals surface area contributed by atoms with Crippen molar-refractivity contribution in [2.45, 2.75) is 0 Å². The third-order valence-corrected chi connectivity index (χ3v) is 2.40. The predicted molar refractivity (Wildman–Crippen MR) is 53.7 cm³/mol. The Bertz CT molecular complexity index is 505. The van der Waals surface area contributed by atoms with Crippen LogP contribution in [0.2, 0.25) is 5.02 Å². The number of hydrogen-bond acceptors (Lipinski definition) is 3. The molecule has 0 radical (unpaired) electrons. The van der Waals surface area contributed by atoms with Crippen molar-refractivity contribution < 1.29 is 9.59 Å². The van der Waals surface area contributed by atoms with Crippen LogP contribution in [0, 0.1) is 11.3 Å². The van der Waals surface area contributed by atoms with Gasteiger partial charge in [0.25, 0.3) is 11.7 Å².